The van der Waals surface area contributed by atoms with Gasteiger partial charge in [0.1, 0.15) is 0 Å². The van der Waals surface area contributed by atoms with E-state index in [9.17, 15) is 9.46 Å². The lowest BCUT2D eigenvalue weighted by Gasteiger charge is -2.13. The van der Waals surface area contributed by atoms with Gasteiger partial charge in [0.25, 0.3) is 7.82 Å². The molecule has 0 aliphatic rings. The number of hydrogen-bond acceptors (Lipinski definition) is 3. The highest BCUT2D eigenvalue weighted by molar-refractivity contribution is 7.44. The maximum absolute atomic E-state index is 9.94. The van der Waals surface area contributed by atoms with E-state index >= 15 is 0 Å². The molecule has 0 aromatic rings. The zero-order valence-corrected chi connectivity index (χ0v) is 6.80. The minimum atomic E-state index is -4.52. The Kier molecular flexibility index (Phi) is 3.83. The van der Waals surface area contributed by atoms with E-state index in [1.807, 2.05) is 0 Å². The van der Waals surface area contributed by atoms with E-state index in [1.165, 1.54) is 0 Å². The molecule has 1 atom stereocenters. The van der Waals surface area contributed by atoms with Crippen LogP contribution in [0.1, 0.15) is 13.8 Å². The van der Waals surface area contributed by atoms with Gasteiger partial charge in [-0.1, -0.05) is 11.6 Å². The Morgan fingerprint density at radius 3 is 2.60 bits per heavy atom. The summed E-state index contributed by atoms with van der Waals surface area (Å²) in [7, 11) is -4.52. The van der Waals surface area contributed by atoms with Crippen LogP contribution >= 0.6 is 7.82 Å². The minimum Gasteiger partial charge on any atom is -0.756 e. The zero-order chi connectivity index (χ0) is 8.20. The van der Waals surface area contributed by atoms with Crippen LogP contribution in [0.5, 0.6) is 0 Å². The van der Waals surface area contributed by atoms with E-state index < -0.39 is 7.82 Å². The van der Waals surface area contributed by atoms with Crippen LogP contribution in [-0.2, 0) is 9.09 Å². The molecule has 60 valence electrons. The Bertz CT molecular complexity index is 164. The van der Waals surface area contributed by atoms with Gasteiger partial charge < -0.3 is 14.3 Å². The third kappa shape index (κ3) is 7.85. The van der Waals surface area contributed by atoms with E-state index in [0.717, 1.165) is 5.57 Å². The van der Waals surface area contributed by atoms with Crippen molar-refractivity contribution in [2.75, 3.05) is 6.61 Å². The fourth-order valence-electron chi connectivity index (χ4n) is 0.298. The Balaban J connectivity index is 3.58. The van der Waals surface area contributed by atoms with E-state index in [1.54, 1.807) is 19.9 Å². The van der Waals surface area contributed by atoms with Crippen LogP contribution in [0.25, 0.3) is 0 Å². The van der Waals surface area contributed by atoms with Gasteiger partial charge in [0.2, 0.25) is 0 Å². The van der Waals surface area contributed by atoms with Crippen molar-refractivity contribution in [2.24, 2.45) is 0 Å². The maximum Gasteiger partial charge on any atom is 0.265 e. The molecule has 0 amide bonds. The molecule has 0 aromatic carbocycles. The molecule has 0 spiro atoms. The van der Waals surface area contributed by atoms with E-state index in [0.29, 0.717) is 0 Å². The molecule has 1 N–H and O–H groups in total. The van der Waals surface area contributed by atoms with Crippen molar-refractivity contribution in [1.29, 1.82) is 0 Å². The van der Waals surface area contributed by atoms with Gasteiger partial charge in [-0.2, -0.15) is 0 Å². The molecule has 4 nitrogen and oxygen atoms in total. The largest absolute Gasteiger partial charge is 0.756 e. The second kappa shape index (κ2) is 3.88. The Labute approximate surface area is 59.8 Å². The molecule has 0 aromatic heterocycles. The molecule has 0 bridgehead atoms. The number of phosphoric ester groups is 1. The van der Waals surface area contributed by atoms with Crippen molar-refractivity contribution in [1.82, 2.24) is 0 Å². The van der Waals surface area contributed by atoms with Crippen molar-refractivity contribution in [3.05, 3.63) is 11.6 Å². The molecular formula is C5H10O4P-. The summed E-state index contributed by atoms with van der Waals surface area (Å²) in [5, 5.41) is 0. The zero-order valence-electron chi connectivity index (χ0n) is 5.90. The Morgan fingerprint density at radius 1 is 1.80 bits per heavy atom. The topological polar surface area (TPSA) is 69.6 Å². The highest BCUT2D eigenvalue weighted by Gasteiger charge is 1.97. The smallest absolute Gasteiger partial charge is 0.265 e. The van der Waals surface area contributed by atoms with E-state index in [-0.39, 0.29) is 6.61 Å². The first-order valence-electron chi connectivity index (χ1n) is 2.73. The minimum absolute atomic E-state index is 0.0976. The van der Waals surface area contributed by atoms with Gasteiger partial charge in [0.05, 0.1) is 6.61 Å². The first kappa shape index (κ1) is 9.85. The monoisotopic (exact) mass is 165 g/mol. The second-order valence-corrected chi connectivity index (χ2v) is 3.24. The van der Waals surface area contributed by atoms with Crippen molar-refractivity contribution in [2.45, 2.75) is 13.8 Å². The summed E-state index contributed by atoms with van der Waals surface area (Å²) in [5.41, 5.74) is 0.938. The van der Waals surface area contributed by atoms with Crippen molar-refractivity contribution in [3.63, 3.8) is 0 Å². The number of phosphoric acid groups is 1. The maximum atomic E-state index is 9.94. The van der Waals surface area contributed by atoms with Crippen LogP contribution in [0.4, 0.5) is 0 Å². The summed E-state index contributed by atoms with van der Waals surface area (Å²) < 4.78 is 14.0. The van der Waals surface area contributed by atoms with Crippen molar-refractivity contribution in [3.8, 4) is 0 Å². The van der Waals surface area contributed by atoms with Gasteiger partial charge >= 0.3 is 0 Å². The lowest BCUT2D eigenvalue weighted by Crippen LogP contribution is -2.03. The number of allylic oxidation sites excluding steroid dienone is 1. The highest BCUT2D eigenvalue weighted by Crippen LogP contribution is 2.29. The molecule has 0 aliphatic carbocycles. The average molecular weight is 165 g/mol. The summed E-state index contributed by atoms with van der Waals surface area (Å²) in [4.78, 5) is 18.0. The predicted octanol–water partition coefficient (Wildman–Crippen LogP) is 0.430. The lowest BCUT2D eigenvalue weighted by molar-refractivity contribution is -0.218. The number of hydrogen-bond donors (Lipinski definition) is 1. The summed E-state index contributed by atoms with van der Waals surface area (Å²) in [6.45, 7) is 3.51. The van der Waals surface area contributed by atoms with Gasteiger partial charge in [-0.3, -0.25) is 4.57 Å². The molecule has 0 saturated heterocycles. The van der Waals surface area contributed by atoms with Crippen LogP contribution in [0.15, 0.2) is 11.6 Å². The Hall–Kier alpha value is -0.150. The quantitative estimate of drug-likeness (QED) is 0.486. The molecule has 0 radical (unpaired) electrons. The van der Waals surface area contributed by atoms with Crippen LogP contribution in [-0.4, -0.2) is 11.5 Å². The van der Waals surface area contributed by atoms with Crippen molar-refractivity contribution < 1.29 is 18.9 Å². The normalized spacial score (nSPS) is 16.0. The van der Waals surface area contributed by atoms with Crippen LogP contribution in [0.3, 0.4) is 0 Å². The van der Waals surface area contributed by atoms with Crippen LogP contribution in [0.2, 0.25) is 0 Å². The van der Waals surface area contributed by atoms with Gasteiger partial charge in [0.15, 0.2) is 0 Å². The van der Waals surface area contributed by atoms with E-state index in [4.69, 9.17) is 4.89 Å². The third-order valence-corrected chi connectivity index (χ3v) is 1.20. The van der Waals surface area contributed by atoms with Gasteiger partial charge in [-0.15, -0.1) is 0 Å². The second-order valence-electron chi connectivity index (χ2n) is 2.05. The standard InChI is InChI=1S/C5H11O4P/c1-5(2)3-4-9-10(6,7)8/h3H,4H2,1-2H3,(H2,6,7,8)/p-1. The van der Waals surface area contributed by atoms with Crippen molar-refractivity contribution >= 4 is 7.82 Å². The molecule has 0 rings (SSSR count). The summed E-state index contributed by atoms with van der Waals surface area (Å²) in [5.74, 6) is 0. The van der Waals surface area contributed by atoms with Crippen LogP contribution in [0, 0.1) is 0 Å². The first-order chi connectivity index (χ1) is 4.42. The average Bonchev–Trinajstić information content (AvgIpc) is 1.59. The SMILES string of the molecule is CC(C)=CCOP(=O)([O-])O. The van der Waals surface area contributed by atoms with E-state index in [2.05, 4.69) is 4.52 Å². The summed E-state index contributed by atoms with van der Waals surface area (Å²) in [6.07, 6.45) is 1.56. The summed E-state index contributed by atoms with van der Waals surface area (Å²) >= 11 is 0. The molecule has 1 unspecified atom stereocenters. The predicted molar refractivity (Wildman–Crippen MR) is 35.2 cm³/mol. The number of rotatable bonds is 3. The molecule has 0 saturated carbocycles. The molecule has 0 aliphatic heterocycles. The van der Waals surface area contributed by atoms with Crippen LogP contribution < -0.4 is 4.89 Å². The molecule has 5 heteroatoms. The third-order valence-electron chi connectivity index (χ3n) is 0.729. The first-order valence-corrected chi connectivity index (χ1v) is 4.23. The van der Waals surface area contributed by atoms with Gasteiger partial charge in [0, 0.05) is 0 Å². The molecular weight excluding hydrogens is 155 g/mol. The fraction of sp³-hybridized carbons (Fsp3) is 0.600. The molecule has 0 heterocycles. The fourth-order valence-corrected chi connectivity index (χ4v) is 0.561. The molecule has 0 fully saturated rings. The lowest BCUT2D eigenvalue weighted by atomic mass is 10.3. The molecule has 10 heavy (non-hydrogen) atoms. The van der Waals surface area contributed by atoms with Gasteiger partial charge in [-0.25, -0.2) is 0 Å². The highest BCUT2D eigenvalue weighted by atomic mass is 31.2. The summed E-state index contributed by atoms with van der Waals surface area (Å²) in [6, 6.07) is 0. The van der Waals surface area contributed by atoms with Gasteiger partial charge in [-0.05, 0) is 13.8 Å². The Morgan fingerprint density at radius 2 is 2.30 bits per heavy atom.